The Hall–Kier alpha value is -2.14. The molecule has 1 aromatic heterocycles. The van der Waals surface area contributed by atoms with Gasteiger partial charge < -0.3 is 9.80 Å². The summed E-state index contributed by atoms with van der Waals surface area (Å²) in [4.78, 5) is 32.2. The van der Waals surface area contributed by atoms with Gasteiger partial charge in [0.25, 0.3) is 0 Å². The van der Waals surface area contributed by atoms with Gasteiger partial charge >= 0.3 is 0 Å². The summed E-state index contributed by atoms with van der Waals surface area (Å²) in [7, 11) is 0. The first-order chi connectivity index (χ1) is 17.1. The number of rotatable bonds is 14. The third kappa shape index (κ3) is 9.10. The Morgan fingerprint density at radius 1 is 0.886 bits per heavy atom. The van der Waals surface area contributed by atoms with E-state index in [0.29, 0.717) is 19.5 Å². The van der Waals surface area contributed by atoms with Crippen LogP contribution in [0.15, 0.2) is 41.8 Å². The van der Waals surface area contributed by atoms with E-state index in [2.05, 4.69) is 37.4 Å². The molecule has 0 atom stereocenters. The predicted molar refractivity (Wildman–Crippen MR) is 146 cm³/mol. The van der Waals surface area contributed by atoms with Crippen molar-refractivity contribution in [2.45, 2.75) is 110 Å². The lowest BCUT2D eigenvalue weighted by molar-refractivity contribution is -0.143. The van der Waals surface area contributed by atoms with Crippen LogP contribution >= 0.6 is 11.3 Å². The highest BCUT2D eigenvalue weighted by atomic mass is 32.1. The molecule has 0 radical (unpaired) electrons. The zero-order valence-corrected chi connectivity index (χ0v) is 22.7. The van der Waals surface area contributed by atoms with Crippen molar-refractivity contribution in [3.05, 3.63) is 57.8 Å². The van der Waals surface area contributed by atoms with E-state index in [1.54, 1.807) is 11.3 Å². The summed E-state index contributed by atoms with van der Waals surface area (Å²) in [6.07, 6.45) is 13.2. The summed E-state index contributed by atoms with van der Waals surface area (Å²) in [6, 6.07) is 12.5. The van der Waals surface area contributed by atoms with E-state index in [1.807, 2.05) is 28.0 Å². The molecule has 2 aromatic rings. The smallest absolute Gasteiger partial charge is 0.242 e. The lowest BCUT2D eigenvalue weighted by Crippen LogP contribution is -2.47. The van der Waals surface area contributed by atoms with Crippen LogP contribution in [0.1, 0.15) is 100.0 Å². The molecule has 0 aliphatic heterocycles. The van der Waals surface area contributed by atoms with Crippen LogP contribution in [-0.2, 0) is 22.7 Å². The normalized spacial score (nSPS) is 14.1. The van der Waals surface area contributed by atoms with E-state index in [1.165, 1.54) is 42.5 Å². The summed E-state index contributed by atoms with van der Waals surface area (Å²) in [6.45, 7) is 5.71. The predicted octanol–water partition coefficient (Wildman–Crippen LogP) is 7.50. The van der Waals surface area contributed by atoms with Gasteiger partial charge in [0, 0.05) is 23.9 Å². The fourth-order valence-corrected chi connectivity index (χ4v) is 5.96. The van der Waals surface area contributed by atoms with Crippen LogP contribution in [0.25, 0.3) is 0 Å². The second kappa shape index (κ2) is 15.1. The monoisotopic (exact) mass is 496 g/mol. The first-order valence-electron chi connectivity index (χ1n) is 13.7. The standard InChI is InChI=1S/C30H44N2O2S/c1-3-4-5-6-7-14-19-29(33)32(27-17-12-9-13-18-27)24-30(34)31(22-26-15-10-8-11-16-26)23-28-25(2)20-21-35-28/h8,10-11,15-16,20-21,27H,3-7,9,12-14,17-19,22-24H2,1-2H3. The zero-order chi connectivity index (χ0) is 24.9. The zero-order valence-electron chi connectivity index (χ0n) is 21.8. The Morgan fingerprint density at radius 2 is 1.60 bits per heavy atom. The van der Waals surface area contributed by atoms with Gasteiger partial charge in [-0.05, 0) is 48.8 Å². The number of unbranched alkanes of at least 4 members (excludes halogenated alkanes) is 5. The maximum absolute atomic E-state index is 13.7. The molecule has 1 fully saturated rings. The fourth-order valence-electron chi connectivity index (χ4n) is 5.03. The number of hydrogen-bond donors (Lipinski definition) is 0. The third-order valence-corrected chi connectivity index (χ3v) is 8.26. The quantitative estimate of drug-likeness (QED) is 0.254. The SMILES string of the molecule is CCCCCCCCC(=O)N(CC(=O)N(Cc1ccccc1)Cc1sccc1C)C1CCCCC1. The lowest BCUT2D eigenvalue weighted by Gasteiger charge is -2.35. The Balaban J connectivity index is 1.68. The van der Waals surface area contributed by atoms with Gasteiger partial charge in [-0.25, -0.2) is 0 Å². The maximum Gasteiger partial charge on any atom is 0.242 e. The van der Waals surface area contributed by atoms with E-state index in [9.17, 15) is 9.59 Å². The van der Waals surface area contributed by atoms with Crippen LogP contribution in [0.4, 0.5) is 0 Å². The molecule has 1 aromatic carbocycles. The molecule has 0 unspecified atom stereocenters. The van der Waals surface area contributed by atoms with E-state index in [4.69, 9.17) is 0 Å². The fraction of sp³-hybridized carbons (Fsp3) is 0.600. The molecule has 0 bridgehead atoms. The summed E-state index contributed by atoms with van der Waals surface area (Å²) >= 11 is 1.70. The maximum atomic E-state index is 13.7. The Labute approximate surface area is 216 Å². The van der Waals surface area contributed by atoms with Crippen LogP contribution in [0.5, 0.6) is 0 Å². The van der Waals surface area contributed by atoms with Crippen molar-refractivity contribution >= 4 is 23.2 Å². The average molecular weight is 497 g/mol. The molecular weight excluding hydrogens is 452 g/mol. The van der Waals surface area contributed by atoms with Gasteiger partial charge in [0.1, 0.15) is 6.54 Å². The molecule has 1 aliphatic rings. The van der Waals surface area contributed by atoms with Crippen molar-refractivity contribution in [3.8, 4) is 0 Å². The van der Waals surface area contributed by atoms with E-state index in [0.717, 1.165) is 44.1 Å². The van der Waals surface area contributed by atoms with E-state index in [-0.39, 0.29) is 24.4 Å². The second-order valence-electron chi connectivity index (χ2n) is 10.1. The van der Waals surface area contributed by atoms with Crippen molar-refractivity contribution in [2.75, 3.05) is 6.54 Å². The number of thiophene rings is 1. The number of hydrogen-bond acceptors (Lipinski definition) is 3. The van der Waals surface area contributed by atoms with Gasteiger partial charge in [-0.15, -0.1) is 11.3 Å². The molecule has 4 nitrogen and oxygen atoms in total. The van der Waals surface area contributed by atoms with Crippen LogP contribution in [-0.4, -0.2) is 34.2 Å². The molecule has 192 valence electrons. The molecule has 1 aliphatic carbocycles. The minimum atomic E-state index is 0.0588. The van der Waals surface area contributed by atoms with Crippen LogP contribution in [0.3, 0.4) is 0 Å². The molecular formula is C30H44N2O2S. The molecule has 3 rings (SSSR count). The molecule has 5 heteroatoms. The first kappa shape index (κ1) is 27.4. The van der Waals surface area contributed by atoms with Crippen LogP contribution in [0, 0.1) is 6.92 Å². The van der Waals surface area contributed by atoms with Crippen molar-refractivity contribution in [3.63, 3.8) is 0 Å². The number of amides is 2. The number of aryl methyl sites for hydroxylation is 1. The minimum Gasteiger partial charge on any atom is -0.332 e. The van der Waals surface area contributed by atoms with Gasteiger partial charge in [-0.2, -0.15) is 0 Å². The molecule has 0 saturated heterocycles. The summed E-state index contributed by atoms with van der Waals surface area (Å²) in [5, 5.41) is 2.09. The summed E-state index contributed by atoms with van der Waals surface area (Å²) in [5.74, 6) is 0.233. The largest absolute Gasteiger partial charge is 0.332 e. The molecule has 1 heterocycles. The molecule has 2 amide bonds. The van der Waals surface area contributed by atoms with Gasteiger partial charge in [0.05, 0.1) is 6.54 Å². The van der Waals surface area contributed by atoms with Crippen LogP contribution < -0.4 is 0 Å². The Bertz CT molecular complexity index is 889. The second-order valence-corrected chi connectivity index (χ2v) is 11.1. The first-order valence-corrected chi connectivity index (χ1v) is 14.6. The van der Waals surface area contributed by atoms with Gasteiger partial charge in [-0.1, -0.05) is 88.6 Å². The minimum absolute atomic E-state index is 0.0588. The highest BCUT2D eigenvalue weighted by Crippen LogP contribution is 2.25. The molecule has 0 spiro atoms. The number of carbonyl (C=O) groups is 2. The van der Waals surface area contributed by atoms with E-state index < -0.39 is 0 Å². The van der Waals surface area contributed by atoms with Crippen molar-refractivity contribution in [1.82, 2.24) is 9.80 Å². The highest BCUT2D eigenvalue weighted by Gasteiger charge is 2.29. The Morgan fingerprint density at radius 3 is 2.29 bits per heavy atom. The third-order valence-electron chi connectivity index (χ3n) is 7.26. The van der Waals surface area contributed by atoms with Gasteiger partial charge in [0.15, 0.2) is 0 Å². The van der Waals surface area contributed by atoms with Crippen molar-refractivity contribution in [2.24, 2.45) is 0 Å². The van der Waals surface area contributed by atoms with Crippen molar-refractivity contribution < 1.29 is 9.59 Å². The number of nitrogens with zero attached hydrogens (tertiary/aromatic N) is 2. The van der Waals surface area contributed by atoms with E-state index >= 15 is 0 Å². The molecule has 0 N–H and O–H groups in total. The topological polar surface area (TPSA) is 40.6 Å². The highest BCUT2D eigenvalue weighted by molar-refractivity contribution is 7.10. The molecule has 35 heavy (non-hydrogen) atoms. The van der Waals surface area contributed by atoms with Crippen molar-refractivity contribution in [1.29, 1.82) is 0 Å². The number of carbonyl (C=O) groups excluding carboxylic acids is 2. The summed E-state index contributed by atoms with van der Waals surface area (Å²) in [5.41, 5.74) is 2.35. The van der Waals surface area contributed by atoms with Crippen LogP contribution in [0.2, 0.25) is 0 Å². The molecule has 1 saturated carbocycles. The van der Waals surface area contributed by atoms with Gasteiger partial charge in [-0.3, -0.25) is 9.59 Å². The Kier molecular flexibility index (Phi) is 11.8. The summed E-state index contributed by atoms with van der Waals surface area (Å²) < 4.78 is 0. The number of benzene rings is 1. The van der Waals surface area contributed by atoms with Gasteiger partial charge in [0.2, 0.25) is 11.8 Å². The average Bonchev–Trinajstić information content (AvgIpc) is 3.29. The lowest BCUT2D eigenvalue weighted by atomic mass is 9.93.